The van der Waals surface area contributed by atoms with Gasteiger partial charge in [-0.1, -0.05) is 12.1 Å². The number of fused-ring (bicyclic) bond motifs is 1. The third kappa shape index (κ3) is 2.17. The Morgan fingerprint density at radius 3 is 3.00 bits per heavy atom. The summed E-state index contributed by atoms with van der Waals surface area (Å²) < 4.78 is 0. The Kier molecular flexibility index (Phi) is 3.42. The van der Waals surface area contributed by atoms with Crippen LogP contribution < -0.4 is 5.32 Å². The fraction of sp³-hybridized carbons (Fsp3) is 0.429. The highest BCUT2D eigenvalue weighted by Crippen LogP contribution is 2.34. The molecule has 0 spiro atoms. The zero-order valence-electron chi connectivity index (χ0n) is 11.0. The minimum Gasteiger partial charge on any atom is -0.388 e. The van der Waals surface area contributed by atoms with Crippen LogP contribution in [0.1, 0.15) is 24.5 Å². The van der Waals surface area contributed by atoms with Gasteiger partial charge in [0.2, 0.25) is 0 Å². The van der Waals surface area contributed by atoms with Gasteiger partial charge in [0, 0.05) is 35.7 Å². The molecule has 20 heavy (non-hydrogen) atoms. The summed E-state index contributed by atoms with van der Waals surface area (Å²) >= 11 is 0. The molecule has 2 aromatic rings. The molecule has 0 saturated carbocycles. The van der Waals surface area contributed by atoms with E-state index in [1.807, 2.05) is 6.07 Å². The third-order valence-corrected chi connectivity index (χ3v) is 4.02. The van der Waals surface area contributed by atoms with Gasteiger partial charge in [-0.3, -0.25) is 10.1 Å². The first kappa shape index (κ1) is 13.1. The maximum atomic E-state index is 11.0. The SMILES string of the molecule is O=[N+]([O-])c1cccc2c(C(O)C3CCCNC3)c[nH]c12. The van der Waals surface area contributed by atoms with Crippen molar-refractivity contribution in [3.8, 4) is 0 Å². The van der Waals surface area contributed by atoms with Crippen molar-refractivity contribution < 1.29 is 10.0 Å². The predicted octanol–water partition coefficient (Wildman–Crippen LogP) is 2.11. The highest BCUT2D eigenvalue weighted by atomic mass is 16.6. The van der Waals surface area contributed by atoms with Crippen molar-refractivity contribution in [2.45, 2.75) is 18.9 Å². The maximum absolute atomic E-state index is 11.0. The molecular weight excluding hydrogens is 258 g/mol. The van der Waals surface area contributed by atoms with Gasteiger partial charge in [-0.05, 0) is 19.4 Å². The summed E-state index contributed by atoms with van der Waals surface area (Å²) in [5.74, 6) is 0.155. The van der Waals surface area contributed by atoms with E-state index < -0.39 is 11.0 Å². The van der Waals surface area contributed by atoms with E-state index in [0.29, 0.717) is 5.52 Å². The second-order valence-electron chi connectivity index (χ2n) is 5.25. The average molecular weight is 275 g/mol. The summed E-state index contributed by atoms with van der Waals surface area (Å²) in [6.07, 6.45) is 3.11. The van der Waals surface area contributed by atoms with Crippen LogP contribution in [0.4, 0.5) is 5.69 Å². The first-order valence-electron chi connectivity index (χ1n) is 6.81. The van der Waals surface area contributed by atoms with Crippen molar-refractivity contribution in [3.63, 3.8) is 0 Å². The third-order valence-electron chi connectivity index (χ3n) is 4.02. The van der Waals surface area contributed by atoms with Crippen LogP contribution >= 0.6 is 0 Å². The molecule has 2 heterocycles. The number of benzene rings is 1. The van der Waals surface area contributed by atoms with Crippen LogP contribution in [0.15, 0.2) is 24.4 Å². The summed E-state index contributed by atoms with van der Waals surface area (Å²) in [6.45, 7) is 1.77. The molecule has 3 rings (SSSR count). The van der Waals surface area contributed by atoms with Gasteiger partial charge >= 0.3 is 0 Å². The standard InChI is InChI=1S/C14H17N3O3/c18-14(9-3-2-6-15-7-9)11-8-16-13-10(11)4-1-5-12(13)17(19)20/h1,4-5,8-9,14-16,18H,2-3,6-7H2. The van der Waals surface area contributed by atoms with Crippen molar-refractivity contribution in [1.82, 2.24) is 10.3 Å². The predicted molar refractivity (Wildman–Crippen MR) is 75.5 cm³/mol. The van der Waals surface area contributed by atoms with E-state index in [4.69, 9.17) is 0 Å². The van der Waals surface area contributed by atoms with E-state index >= 15 is 0 Å². The molecule has 1 aromatic carbocycles. The molecule has 1 aliphatic rings. The number of hydrogen-bond acceptors (Lipinski definition) is 4. The second-order valence-corrected chi connectivity index (χ2v) is 5.25. The largest absolute Gasteiger partial charge is 0.388 e. The van der Waals surface area contributed by atoms with Gasteiger partial charge in [-0.15, -0.1) is 0 Å². The number of aliphatic hydroxyl groups excluding tert-OH is 1. The summed E-state index contributed by atoms with van der Waals surface area (Å²) in [5, 5.41) is 25.6. The van der Waals surface area contributed by atoms with Gasteiger partial charge in [-0.2, -0.15) is 0 Å². The Hall–Kier alpha value is -1.92. The molecule has 0 aliphatic carbocycles. The van der Waals surface area contributed by atoms with E-state index in [0.717, 1.165) is 36.9 Å². The lowest BCUT2D eigenvalue weighted by Crippen LogP contribution is -2.33. The monoisotopic (exact) mass is 275 g/mol. The number of nitrogens with one attached hydrogen (secondary N) is 2. The Labute approximate surface area is 116 Å². The fourth-order valence-electron chi connectivity index (χ4n) is 2.96. The fourth-order valence-corrected chi connectivity index (χ4v) is 2.96. The molecule has 6 nitrogen and oxygen atoms in total. The van der Waals surface area contributed by atoms with E-state index in [-0.39, 0.29) is 11.6 Å². The number of rotatable bonds is 3. The second kappa shape index (κ2) is 5.22. The summed E-state index contributed by atoms with van der Waals surface area (Å²) in [4.78, 5) is 13.5. The highest BCUT2D eigenvalue weighted by molar-refractivity contribution is 5.90. The van der Waals surface area contributed by atoms with Crippen LogP contribution in [0.3, 0.4) is 0 Å². The van der Waals surface area contributed by atoms with Crippen LogP contribution in [-0.2, 0) is 0 Å². The molecule has 2 atom stereocenters. The van der Waals surface area contributed by atoms with E-state index in [9.17, 15) is 15.2 Å². The number of aromatic nitrogens is 1. The number of piperidine rings is 1. The molecule has 1 saturated heterocycles. The Balaban J connectivity index is 1.99. The summed E-state index contributed by atoms with van der Waals surface area (Å²) in [5.41, 5.74) is 1.27. The number of aromatic amines is 1. The van der Waals surface area contributed by atoms with Crippen molar-refractivity contribution in [2.75, 3.05) is 13.1 Å². The quantitative estimate of drug-likeness (QED) is 0.591. The van der Waals surface area contributed by atoms with Crippen molar-refractivity contribution in [2.24, 2.45) is 5.92 Å². The Morgan fingerprint density at radius 1 is 1.45 bits per heavy atom. The Bertz CT molecular complexity index is 632. The van der Waals surface area contributed by atoms with Gasteiger partial charge in [0.15, 0.2) is 0 Å². The zero-order chi connectivity index (χ0) is 14.1. The summed E-state index contributed by atoms with van der Waals surface area (Å²) in [7, 11) is 0. The first-order valence-corrected chi connectivity index (χ1v) is 6.81. The van der Waals surface area contributed by atoms with Crippen LogP contribution in [0.5, 0.6) is 0 Å². The number of aliphatic hydroxyl groups is 1. The molecule has 0 amide bonds. The molecule has 1 aliphatic heterocycles. The number of nitrogens with zero attached hydrogens (tertiary/aromatic N) is 1. The molecule has 3 N–H and O–H groups in total. The van der Waals surface area contributed by atoms with Crippen molar-refractivity contribution in [1.29, 1.82) is 0 Å². The zero-order valence-corrected chi connectivity index (χ0v) is 11.0. The number of hydrogen-bond donors (Lipinski definition) is 3. The molecule has 6 heteroatoms. The van der Waals surface area contributed by atoms with Crippen LogP contribution in [0.25, 0.3) is 10.9 Å². The van der Waals surface area contributed by atoms with Crippen LogP contribution in [-0.4, -0.2) is 28.1 Å². The number of nitro groups is 1. The maximum Gasteiger partial charge on any atom is 0.293 e. The van der Waals surface area contributed by atoms with Gasteiger partial charge < -0.3 is 15.4 Å². The van der Waals surface area contributed by atoms with Crippen molar-refractivity contribution >= 4 is 16.6 Å². The minimum atomic E-state index is -0.599. The highest BCUT2D eigenvalue weighted by Gasteiger charge is 2.26. The lowest BCUT2D eigenvalue weighted by Gasteiger charge is -2.27. The lowest BCUT2D eigenvalue weighted by atomic mass is 9.89. The van der Waals surface area contributed by atoms with E-state index in [2.05, 4.69) is 10.3 Å². The molecule has 0 bridgehead atoms. The minimum absolute atomic E-state index is 0.0442. The van der Waals surface area contributed by atoms with E-state index in [1.165, 1.54) is 6.07 Å². The number of H-pyrrole nitrogens is 1. The van der Waals surface area contributed by atoms with Gasteiger partial charge in [-0.25, -0.2) is 0 Å². The van der Waals surface area contributed by atoms with E-state index in [1.54, 1.807) is 12.3 Å². The van der Waals surface area contributed by atoms with Crippen LogP contribution in [0.2, 0.25) is 0 Å². The number of para-hydroxylation sites is 1. The number of nitro benzene ring substituents is 1. The van der Waals surface area contributed by atoms with Gasteiger partial charge in [0.1, 0.15) is 5.52 Å². The van der Waals surface area contributed by atoms with Gasteiger partial charge in [0.25, 0.3) is 5.69 Å². The van der Waals surface area contributed by atoms with Crippen molar-refractivity contribution in [3.05, 3.63) is 40.1 Å². The molecule has 1 fully saturated rings. The lowest BCUT2D eigenvalue weighted by molar-refractivity contribution is -0.383. The molecule has 106 valence electrons. The topological polar surface area (TPSA) is 91.2 Å². The molecule has 2 unspecified atom stereocenters. The normalized spacial score (nSPS) is 20.9. The average Bonchev–Trinajstić information content (AvgIpc) is 2.91. The molecule has 1 aromatic heterocycles. The smallest absolute Gasteiger partial charge is 0.293 e. The van der Waals surface area contributed by atoms with Crippen LogP contribution in [0, 0.1) is 16.0 Å². The van der Waals surface area contributed by atoms with Gasteiger partial charge in [0.05, 0.1) is 11.0 Å². The Morgan fingerprint density at radius 2 is 2.30 bits per heavy atom. The first-order chi connectivity index (χ1) is 9.68. The number of non-ortho nitro benzene ring substituents is 1. The molecule has 0 radical (unpaired) electrons. The summed E-state index contributed by atoms with van der Waals surface area (Å²) in [6, 6.07) is 4.94. The molecular formula is C14H17N3O3.